The van der Waals surface area contributed by atoms with Crippen molar-refractivity contribution in [3.63, 3.8) is 0 Å². The molecule has 0 saturated carbocycles. The average Bonchev–Trinajstić information content (AvgIpc) is 1.54. The van der Waals surface area contributed by atoms with Gasteiger partial charge in [-0.25, -0.2) is 0 Å². The Bertz CT molecular complexity index is 8840. The van der Waals surface area contributed by atoms with Crippen LogP contribution in [0.15, 0.2) is 444 Å². The van der Waals surface area contributed by atoms with Crippen molar-refractivity contribution < 1.29 is 13.3 Å². The highest BCUT2D eigenvalue weighted by atomic mass is 16.3. The van der Waals surface area contributed by atoms with Gasteiger partial charge in [0.1, 0.15) is 22.5 Å². The largest absolute Gasteiger partial charge is 0.456 e. The molecule has 610 valence electrons. The third-order valence-electron chi connectivity index (χ3n) is 26.9. The van der Waals surface area contributed by atoms with Crippen molar-refractivity contribution in [1.29, 1.82) is 0 Å². The van der Waals surface area contributed by atoms with Gasteiger partial charge >= 0.3 is 0 Å². The molecular formula is C120H77N7O3. The number of aromatic nitrogens is 4. The smallest absolute Gasteiger partial charge is 0.159 e. The van der Waals surface area contributed by atoms with Crippen LogP contribution in [0.25, 0.3) is 198 Å². The molecule has 0 amide bonds. The predicted octanol–water partition coefficient (Wildman–Crippen LogP) is 33.6. The van der Waals surface area contributed by atoms with Crippen LogP contribution in [-0.2, 0) is 0 Å². The molecule has 27 aromatic rings. The van der Waals surface area contributed by atoms with Crippen molar-refractivity contribution in [2.75, 3.05) is 14.7 Å². The summed E-state index contributed by atoms with van der Waals surface area (Å²) < 4.78 is 30.1. The quantitative estimate of drug-likeness (QED) is 0.108. The first kappa shape index (κ1) is 73.1. The summed E-state index contributed by atoms with van der Waals surface area (Å²) in [4.78, 5) is 7.18. The van der Waals surface area contributed by atoms with Crippen molar-refractivity contribution in [2.45, 2.75) is 13.8 Å². The van der Waals surface area contributed by atoms with E-state index in [9.17, 15) is 0 Å². The van der Waals surface area contributed by atoms with Gasteiger partial charge in [-0.1, -0.05) is 224 Å². The fourth-order valence-corrected chi connectivity index (χ4v) is 21.4. The highest BCUT2D eigenvalue weighted by molar-refractivity contribution is 6.32. The third kappa shape index (κ3) is 11.1. The zero-order valence-corrected chi connectivity index (χ0v) is 70.8. The van der Waals surface area contributed by atoms with Crippen LogP contribution in [0.3, 0.4) is 0 Å². The van der Waals surface area contributed by atoms with Crippen LogP contribution < -0.4 is 14.7 Å². The molecule has 7 aromatic heterocycles. The standard InChI is InChI=1S/C120H77N7O3/c1-74-25-21-36-83(67-74)122(105-42-23-40-95-89-38-16-19-45-112(89)129-119(95)105)87-53-57-99-109(72-87)126(80-32-11-5-12-33-80)103-65-61-91-93(117(99)103)59-63-101-115(91)97-55-51-85(70-107(97)124(101)78-28-7-3-8-29-78)121(82-49-47-76(48-50-82)114-69-77-27-15-18-44-111(77)128-114)86-52-56-98-108(71-86)125(79-30-9-4-10-31-79)102-64-60-94-92(116(98)102)62-66-104-118(94)100-58-54-88(73-110(100)127(104)81-34-13-6-14-35-81)123(84-37-22-26-75(2)68-84)106-43-24-41-96-90-39-17-20-46-113(90)130-120(96)106/h3-73H,1-2H3. The minimum absolute atomic E-state index is 0.815. The van der Waals surface area contributed by atoms with Gasteiger partial charge in [0.15, 0.2) is 11.2 Å². The van der Waals surface area contributed by atoms with E-state index in [0.717, 1.165) is 206 Å². The molecule has 27 rings (SSSR count). The third-order valence-corrected chi connectivity index (χ3v) is 26.9. The molecule has 0 aliphatic carbocycles. The fraction of sp³-hybridized carbons (Fsp3) is 0.0167. The second kappa shape index (κ2) is 28.6. The lowest BCUT2D eigenvalue weighted by atomic mass is 9.99. The van der Waals surface area contributed by atoms with Gasteiger partial charge in [0.25, 0.3) is 0 Å². The number of benzene rings is 20. The summed E-state index contributed by atoms with van der Waals surface area (Å²) in [5.74, 6) is 0.815. The van der Waals surface area contributed by atoms with Crippen molar-refractivity contribution >= 4 is 215 Å². The molecule has 0 radical (unpaired) electrons. The second-order valence-corrected chi connectivity index (χ2v) is 34.4. The van der Waals surface area contributed by atoms with Crippen LogP contribution >= 0.6 is 0 Å². The van der Waals surface area contributed by atoms with E-state index in [1.165, 1.54) is 54.2 Å². The molecule has 0 bridgehead atoms. The Morgan fingerprint density at radius 2 is 0.500 bits per heavy atom. The van der Waals surface area contributed by atoms with Crippen molar-refractivity contribution in [3.8, 4) is 34.1 Å². The van der Waals surface area contributed by atoms with Crippen LogP contribution in [0.4, 0.5) is 51.2 Å². The number of anilines is 9. The molecule has 0 aliphatic heterocycles. The molecule has 0 unspecified atom stereocenters. The minimum Gasteiger partial charge on any atom is -0.456 e. The van der Waals surface area contributed by atoms with Gasteiger partial charge in [-0.3, -0.25) is 0 Å². The highest BCUT2D eigenvalue weighted by Crippen LogP contribution is 2.53. The van der Waals surface area contributed by atoms with Gasteiger partial charge < -0.3 is 46.2 Å². The molecule has 0 spiro atoms. The molecule has 0 fully saturated rings. The summed E-state index contributed by atoms with van der Waals surface area (Å²) in [6.45, 7) is 4.33. The van der Waals surface area contributed by atoms with E-state index in [4.69, 9.17) is 13.3 Å². The SMILES string of the molecule is Cc1cccc(N(c2ccc3c4c5ccc6c(c5ccc4n(-c4ccccc4)c3c2)c2ccc(N(c3ccc(-c4cc5ccccc5o4)cc3)c3ccc4c5c7ccc8c(c7ccc5n(-c5ccccc5)c4c3)c3ccc(N(c4cccc(C)c4)c4cccc5c4oc4ccccc45)cc3n8-c3ccccc3)cc2n6-c2ccccc2)c2cccc3c2oc2ccccc23)c1. The Morgan fingerprint density at radius 1 is 0.192 bits per heavy atom. The van der Waals surface area contributed by atoms with Gasteiger partial charge in [-0.2, -0.15) is 0 Å². The number of aryl methyl sites for hydroxylation is 2. The molecule has 0 aliphatic rings. The first-order valence-electron chi connectivity index (χ1n) is 44.4. The Kier molecular flexibility index (Phi) is 16.1. The van der Waals surface area contributed by atoms with Crippen molar-refractivity contribution in [1.82, 2.24) is 18.3 Å². The average molecular weight is 1660 g/mol. The number of rotatable bonds is 14. The van der Waals surface area contributed by atoms with E-state index in [-0.39, 0.29) is 0 Å². The van der Waals surface area contributed by atoms with Crippen LogP contribution in [-0.4, -0.2) is 18.3 Å². The van der Waals surface area contributed by atoms with E-state index in [0.29, 0.717) is 0 Å². The normalized spacial score (nSPS) is 12.1. The minimum atomic E-state index is 0.815. The molecule has 0 N–H and O–H groups in total. The molecule has 10 heteroatoms. The van der Waals surface area contributed by atoms with E-state index in [1.54, 1.807) is 0 Å². The van der Waals surface area contributed by atoms with Crippen LogP contribution in [0.5, 0.6) is 0 Å². The number of furan rings is 3. The van der Waals surface area contributed by atoms with E-state index in [1.807, 2.05) is 24.3 Å². The van der Waals surface area contributed by atoms with Crippen LogP contribution in [0, 0.1) is 13.8 Å². The van der Waals surface area contributed by atoms with Gasteiger partial charge in [0, 0.05) is 138 Å². The first-order valence-corrected chi connectivity index (χ1v) is 44.4. The summed E-state index contributed by atoms with van der Waals surface area (Å²) in [6.07, 6.45) is 0. The number of hydrogen-bond acceptors (Lipinski definition) is 6. The zero-order chi connectivity index (χ0) is 85.5. The Hall–Kier alpha value is -17.3. The lowest BCUT2D eigenvalue weighted by Gasteiger charge is -2.26. The first-order chi connectivity index (χ1) is 64.3. The van der Waals surface area contributed by atoms with Crippen LogP contribution in [0.1, 0.15) is 11.1 Å². The molecule has 20 aromatic carbocycles. The summed E-state index contributed by atoms with van der Waals surface area (Å²) in [5, 5.41) is 19.4. The van der Waals surface area contributed by atoms with Gasteiger partial charge in [-0.05, 0) is 253 Å². The Labute approximate surface area is 745 Å². The Morgan fingerprint density at radius 3 is 0.869 bits per heavy atom. The molecular weight excluding hydrogens is 1590 g/mol. The lowest BCUT2D eigenvalue weighted by molar-refractivity contribution is 0.631. The monoisotopic (exact) mass is 1660 g/mol. The van der Waals surface area contributed by atoms with Gasteiger partial charge in [0.2, 0.25) is 0 Å². The second-order valence-electron chi connectivity index (χ2n) is 34.4. The fourth-order valence-electron chi connectivity index (χ4n) is 21.4. The molecule has 7 heterocycles. The van der Waals surface area contributed by atoms with E-state index >= 15 is 0 Å². The zero-order valence-electron chi connectivity index (χ0n) is 70.8. The summed E-state index contributed by atoms with van der Waals surface area (Å²) in [7, 11) is 0. The number of nitrogens with zero attached hydrogens (tertiary/aromatic N) is 7. The number of hydrogen-bond donors (Lipinski definition) is 0. The van der Waals surface area contributed by atoms with Crippen molar-refractivity contribution in [3.05, 3.63) is 442 Å². The predicted molar refractivity (Wildman–Crippen MR) is 542 cm³/mol. The maximum absolute atomic E-state index is 6.85. The molecule has 0 atom stereocenters. The van der Waals surface area contributed by atoms with Gasteiger partial charge in [0.05, 0.1) is 55.5 Å². The molecule has 0 saturated heterocycles. The molecule has 130 heavy (non-hydrogen) atoms. The van der Waals surface area contributed by atoms with Crippen molar-refractivity contribution in [2.24, 2.45) is 0 Å². The van der Waals surface area contributed by atoms with Crippen LogP contribution in [0.2, 0.25) is 0 Å². The summed E-state index contributed by atoms with van der Waals surface area (Å²) in [5.41, 5.74) is 29.7. The lowest BCUT2D eigenvalue weighted by Crippen LogP contribution is -2.10. The topological polar surface area (TPSA) is 68.9 Å². The maximum Gasteiger partial charge on any atom is 0.159 e. The summed E-state index contributed by atoms with van der Waals surface area (Å²) >= 11 is 0. The Balaban J connectivity index is 0.656. The van der Waals surface area contributed by atoms with E-state index < -0.39 is 0 Å². The maximum atomic E-state index is 6.85. The summed E-state index contributed by atoms with van der Waals surface area (Å²) in [6, 6.07) is 157. The number of para-hydroxylation sites is 9. The van der Waals surface area contributed by atoms with Gasteiger partial charge in [-0.15, -0.1) is 0 Å². The number of fused-ring (bicyclic) bond motifs is 25. The molecule has 10 nitrogen and oxygen atoms in total. The van der Waals surface area contributed by atoms with E-state index in [2.05, 4.69) is 453 Å². The highest BCUT2D eigenvalue weighted by Gasteiger charge is 2.30.